The van der Waals surface area contributed by atoms with E-state index < -0.39 is 36.7 Å². The number of hydrogen-bond acceptors (Lipinski definition) is 6. The van der Waals surface area contributed by atoms with Crippen molar-refractivity contribution < 1.29 is 34.7 Å². The van der Waals surface area contributed by atoms with Gasteiger partial charge in [-0.2, -0.15) is 0 Å². The summed E-state index contributed by atoms with van der Waals surface area (Å²) in [6.07, 6.45) is 7.65. The molecule has 13 atom stereocenters. The molecule has 1 aliphatic heterocycles. The molecule has 5 rings (SSSR count). The quantitative estimate of drug-likeness (QED) is 0.297. The second-order valence-electron chi connectivity index (χ2n) is 15.0. The predicted molar refractivity (Wildman–Crippen MR) is 152 cm³/mol. The number of aliphatic hydroxyl groups excluding tert-OH is 3. The Balaban J connectivity index is 1.25. The summed E-state index contributed by atoms with van der Waals surface area (Å²) in [5, 5.41) is 40.0. The zero-order valence-electron chi connectivity index (χ0n) is 25.3. The van der Waals surface area contributed by atoms with Gasteiger partial charge in [-0.05, 0) is 97.7 Å². The molecule has 13 unspecified atom stereocenters. The van der Waals surface area contributed by atoms with E-state index in [0.717, 1.165) is 55.3 Å². The SMILES string of the molecule is CC(C)CCCC(C)C1CCC2C3CC=C4CC(OC5OC(C(=O)O)C(O)C(O)C5O)CCC4(C)C3CCC12C. The zero-order valence-corrected chi connectivity index (χ0v) is 25.3. The monoisotopic (exact) mass is 562 g/mol. The minimum atomic E-state index is -1.70. The Morgan fingerprint density at radius 1 is 1.00 bits per heavy atom. The molecule has 0 aromatic heterocycles. The van der Waals surface area contributed by atoms with Crippen molar-refractivity contribution in [3.8, 4) is 0 Å². The lowest BCUT2D eigenvalue weighted by atomic mass is 9.47. The molecule has 5 aliphatic rings. The van der Waals surface area contributed by atoms with Crippen LogP contribution in [0, 0.1) is 46.3 Å². The standard InChI is InChI=1S/C33H54O7/c1-18(2)7-6-8-19(3)23-11-12-24-22-10-9-20-17-21(13-15-32(20,4)25(22)14-16-33(23,24)5)39-31-28(36)26(34)27(35)29(40-31)30(37)38/h9,18-19,21-29,31,34-36H,6-8,10-17H2,1-5H3,(H,37,38). The fourth-order valence-corrected chi connectivity index (χ4v) is 10.1. The van der Waals surface area contributed by atoms with Gasteiger partial charge in [-0.25, -0.2) is 4.79 Å². The number of carbonyl (C=O) groups is 1. The average molecular weight is 563 g/mol. The van der Waals surface area contributed by atoms with E-state index in [0.29, 0.717) is 11.3 Å². The smallest absolute Gasteiger partial charge is 0.335 e. The first-order valence-electron chi connectivity index (χ1n) is 16.1. The lowest BCUT2D eigenvalue weighted by Crippen LogP contribution is -2.61. The zero-order chi connectivity index (χ0) is 29.0. The Morgan fingerprint density at radius 2 is 1.75 bits per heavy atom. The minimum Gasteiger partial charge on any atom is -0.479 e. The molecule has 0 radical (unpaired) electrons. The van der Waals surface area contributed by atoms with Gasteiger partial charge in [-0.3, -0.25) is 0 Å². The van der Waals surface area contributed by atoms with Crippen molar-refractivity contribution in [2.45, 2.75) is 142 Å². The molecule has 7 heteroatoms. The fraction of sp³-hybridized carbons (Fsp3) is 0.909. The molecule has 1 heterocycles. The molecule has 40 heavy (non-hydrogen) atoms. The van der Waals surface area contributed by atoms with Crippen molar-refractivity contribution in [1.82, 2.24) is 0 Å². The van der Waals surface area contributed by atoms with E-state index in [1.165, 1.54) is 50.5 Å². The van der Waals surface area contributed by atoms with Crippen LogP contribution in [-0.4, -0.2) is 63.2 Å². The molecular weight excluding hydrogens is 508 g/mol. The van der Waals surface area contributed by atoms with Gasteiger partial charge in [0.15, 0.2) is 12.4 Å². The van der Waals surface area contributed by atoms with Crippen LogP contribution in [0.5, 0.6) is 0 Å². The largest absolute Gasteiger partial charge is 0.479 e. The van der Waals surface area contributed by atoms with Crippen molar-refractivity contribution in [1.29, 1.82) is 0 Å². The maximum absolute atomic E-state index is 11.5. The maximum Gasteiger partial charge on any atom is 0.335 e. The van der Waals surface area contributed by atoms with Gasteiger partial charge in [0.1, 0.15) is 18.3 Å². The van der Waals surface area contributed by atoms with E-state index in [1.54, 1.807) is 0 Å². The van der Waals surface area contributed by atoms with Crippen molar-refractivity contribution >= 4 is 5.97 Å². The van der Waals surface area contributed by atoms with Crippen molar-refractivity contribution in [3.63, 3.8) is 0 Å². The average Bonchev–Trinajstić information content (AvgIpc) is 3.26. The first-order valence-corrected chi connectivity index (χ1v) is 16.1. The Labute approximate surface area is 240 Å². The Kier molecular flexibility index (Phi) is 8.83. The number of aliphatic carboxylic acids is 1. The van der Waals surface area contributed by atoms with Crippen LogP contribution in [0.15, 0.2) is 11.6 Å². The summed E-state index contributed by atoms with van der Waals surface area (Å²) in [7, 11) is 0. The maximum atomic E-state index is 11.5. The molecule has 0 aromatic carbocycles. The van der Waals surface area contributed by atoms with E-state index in [2.05, 4.69) is 40.7 Å². The highest BCUT2D eigenvalue weighted by Crippen LogP contribution is 2.67. The van der Waals surface area contributed by atoms with Crippen LogP contribution in [-0.2, 0) is 14.3 Å². The summed E-state index contributed by atoms with van der Waals surface area (Å²) in [6, 6.07) is 0. The van der Waals surface area contributed by atoms with E-state index >= 15 is 0 Å². The number of hydrogen-bond donors (Lipinski definition) is 4. The normalized spacial score (nSPS) is 47.7. The summed E-state index contributed by atoms with van der Waals surface area (Å²) < 4.78 is 11.5. The molecule has 0 amide bonds. The van der Waals surface area contributed by atoms with Gasteiger partial charge in [0.25, 0.3) is 0 Å². The molecule has 0 aromatic rings. The van der Waals surface area contributed by atoms with Crippen LogP contribution in [0.1, 0.15) is 105 Å². The van der Waals surface area contributed by atoms with E-state index in [1.807, 2.05) is 0 Å². The first kappa shape index (κ1) is 30.5. The number of ether oxygens (including phenoxy) is 2. The minimum absolute atomic E-state index is 0.149. The second-order valence-corrected chi connectivity index (χ2v) is 15.0. The lowest BCUT2D eigenvalue weighted by Gasteiger charge is -2.58. The molecule has 4 fully saturated rings. The molecule has 0 bridgehead atoms. The molecule has 3 saturated carbocycles. The summed E-state index contributed by atoms with van der Waals surface area (Å²) in [5.74, 6) is 3.30. The summed E-state index contributed by atoms with van der Waals surface area (Å²) in [4.78, 5) is 11.5. The Hall–Kier alpha value is -0.990. The van der Waals surface area contributed by atoms with Crippen LogP contribution in [0.3, 0.4) is 0 Å². The lowest BCUT2D eigenvalue weighted by molar-refractivity contribution is -0.306. The second kappa shape index (κ2) is 11.6. The van der Waals surface area contributed by atoms with E-state index in [-0.39, 0.29) is 11.5 Å². The number of carboxylic acids is 1. The van der Waals surface area contributed by atoms with Gasteiger partial charge in [0, 0.05) is 0 Å². The highest BCUT2D eigenvalue weighted by Gasteiger charge is 2.59. The fourth-order valence-electron chi connectivity index (χ4n) is 10.1. The van der Waals surface area contributed by atoms with Crippen LogP contribution in [0.2, 0.25) is 0 Å². The van der Waals surface area contributed by atoms with E-state index in [4.69, 9.17) is 9.47 Å². The third kappa shape index (κ3) is 5.32. The van der Waals surface area contributed by atoms with Crippen LogP contribution in [0.4, 0.5) is 0 Å². The number of allylic oxidation sites excluding steroid dienone is 1. The van der Waals surface area contributed by atoms with Crippen LogP contribution in [0.25, 0.3) is 0 Å². The Morgan fingerprint density at radius 3 is 2.45 bits per heavy atom. The molecule has 1 saturated heterocycles. The van der Waals surface area contributed by atoms with Gasteiger partial charge in [0.05, 0.1) is 6.10 Å². The van der Waals surface area contributed by atoms with Gasteiger partial charge in [0.2, 0.25) is 0 Å². The van der Waals surface area contributed by atoms with Crippen molar-refractivity contribution in [2.24, 2.45) is 46.3 Å². The van der Waals surface area contributed by atoms with E-state index in [9.17, 15) is 25.2 Å². The third-order valence-corrected chi connectivity index (χ3v) is 12.4. The van der Waals surface area contributed by atoms with Crippen LogP contribution < -0.4 is 0 Å². The summed E-state index contributed by atoms with van der Waals surface area (Å²) in [6.45, 7) is 12.3. The molecule has 4 N–H and O–H groups in total. The highest BCUT2D eigenvalue weighted by molar-refractivity contribution is 5.73. The third-order valence-electron chi connectivity index (χ3n) is 12.4. The highest BCUT2D eigenvalue weighted by atomic mass is 16.7. The molecule has 228 valence electrons. The molecule has 4 aliphatic carbocycles. The van der Waals surface area contributed by atoms with Crippen molar-refractivity contribution in [3.05, 3.63) is 11.6 Å². The topological polar surface area (TPSA) is 116 Å². The number of aliphatic hydroxyl groups is 3. The number of carboxylic acid groups (broad SMARTS) is 1. The van der Waals surface area contributed by atoms with Gasteiger partial charge in [-0.15, -0.1) is 0 Å². The molecule has 0 spiro atoms. The summed E-state index contributed by atoms with van der Waals surface area (Å²) >= 11 is 0. The predicted octanol–water partition coefficient (Wildman–Crippen LogP) is 5.31. The number of fused-ring (bicyclic) bond motifs is 5. The van der Waals surface area contributed by atoms with Gasteiger partial charge in [-0.1, -0.05) is 65.5 Å². The number of rotatable bonds is 8. The molecule has 7 nitrogen and oxygen atoms in total. The summed E-state index contributed by atoms with van der Waals surface area (Å²) in [5.41, 5.74) is 2.04. The first-order chi connectivity index (χ1) is 18.9. The van der Waals surface area contributed by atoms with Crippen LogP contribution >= 0.6 is 0 Å². The van der Waals surface area contributed by atoms with Crippen molar-refractivity contribution in [2.75, 3.05) is 0 Å². The van der Waals surface area contributed by atoms with Gasteiger partial charge >= 0.3 is 5.97 Å². The molecular formula is C33H54O7. The Bertz CT molecular complexity index is 949. The van der Waals surface area contributed by atoms with Gasteiger partial charge < -0.3 is 29.9 Å².